The van der Waals surface area contributed by atoms with Crippen molar-refractivity contribution < 1.29 is 9.90 Å². The van der Waals surface area contributed by atoms with Crippen LogP contribution in [0.5, 0.6) is 0 Å². The molecule has 8 heteroatoms. The van der Waals surface area contributed by atoms with E-state index in [1.165, 1.54) is 10.4 Å². The van der Waals surface area contributed by atoms with Crippen LogP contribution in [0, 0.1) is 11.3 Å². The number of rotatable bonds is 4. The van der Waals surface area contributed by atoms with E-state index in [-0.39, 0.29) is 24.9 Å². The third kappa shape index (κ3) is 3.18. The summed E-state index contributed by atoms with van der Waals surface area (Å²) in [6, 6.07) is 0. The maximum atomic E-state index is 12.7. The number of carbonyl (C=O) groups is 1. The molecule has 150 valence electrons. The maximum absolute atomic E-state index is 12.7. The molecule has 0 aliphatic heterocycles. The molecule has 3 aromatic rings. The zero-order valence-corrected chi connectivity index (χ0v) is 17.7. The summed E-state index contributed by atoms with van der Waals surface area (Å²) in [7, 11) is 0. The normalized spacial score (nSPS) is 17.2. The topological polar surface area (TPSA) is 83.6 Å². The molecule has 1 aliphatic carbocycles. The lowest BCUT2D eigenvalue weighted by molar-refractivity contribution is 0.0720. The zero-order valence-electron chi connectivity index (χ0n) is 16.9. The average molecular weight is 402 g/mol. The van der Waals surface area contributed by atoms with Crippen LogP contribution in [-0.2, 0) is 12.8 Å². The molecular weight excluding hydrogens is 374 g/mol. The Hall–Kier alpha value is -2.06. The van der Waals surface area contributed by atoms with E-state index in [1.54, 1.807) is 27.1 Å². The summed E-state index contributed by atoms with van der Waals surface area (Å²) in [4.78, 5) is 25.8. The Morgan fingerprint density at radius 1 is 1.43 bits per heavy atom. The van der Waals surface area contributed by atoms with Gasteiger partial charge in [0.25, 0.3) is 5.91 Å². The van der Waals surface area contributed by atoms with Crippen molar-refractivity contribution in [3.05, 3.63) is 22.6 Å². The van der Waals surface area contributed by atoms with Gasteiger partial charge in [0.15, 0.2) is 5.65 Å². The lowest BCUT2D eigenvalue weighted by atomic mass is 9.72. The van der Waals surface area contributed by atoms with Crippen LogP contribution >= 0.6 is 11.3 Å². The molecule has 1 aliphatic rings. The van der Waals surface area contributed by atoms with Crippen molar-refractivity contribution in [3.63, 3.8) is 0 Å². The first-order valence-electron chi connectivity index (χ1n) is 9.89. The number of thiophene rings is 1. The molecule has 1 N–H and O–H groups in total. The lowest BCUT2D eigenvalue weighted by Crippen LogP contribution is -2.34. The van der Waals surface area contributed by atoms with E-state index in [2.05, 4.69) is 35.8 Å². The van der Waals surface area contributed by atoms with E-state index in [0.717, 1.165) is 29.5 Å². The zero-order chi connectivity index (χ0) is 20.1. The third-order valence-corrected chi connectivity index (χ3v) is 7.00. The molecule has 4 rings (SSSR count). The Morgan fingerprint density at radius 2 is 2.21 bits per heavy atom. The number of likely N-dealkylation sites (N-methyl/N-ethyl adjacent to an activating group) is 1. The standard InChI is InChI=1S/C20H27N5O2S/c1-5-24(8-9-26)19(27)16-22-17-15-13-7-6-12(20(2,3)4)10-14(13)28-18(15)21-11-25(17)23-16/h11-12,26H,5-10H2,1-4H3/t12-/m1/s1. The Kier molecular flexibility index (Phi) is 4.87. The monoisotopic (exact) mass is 401 g/mol. The minimum atomic E-state index is -0.259. The molecule has 0 saturated heterocycles. The van der Waals surface area contributed by atoms with Crippen LogP contribution in [0.1, 0.15) is 55.2 Å². The Bertz CT molecular complexity index is 1030. The number of fused-ring (bicyclic) bond motifs is 5. The van der Waals surface area contributed by atoms with Crippen molar-refractivity contribution in [1.29, 1.82) is 0 Å². The molecule has 3 heterocycles. The predicted molar refractivity (Wildman–Crippen MR) is 110 cm³/mol. The fourth-order valence-electron chi connectivity index (χ4n) is 4.07. The van der Waals surface area contributed by atoms with Crippen LogP contribution < -0.4 is 0 Å². The molecule has 0 spiro atoms. The molecule has 0 saturated carbocycles. The number of aryl methyl sites for hydroxylation is 1. The van der Waals surface area contributed by atoms with Crippen LogP contribution in [-0.4, -0.2) is 55.2 Å². The van der Waals surface area contributed by atoms with Gasteiger partial charge in [-0.3, -0.25) is 4.79 Å². The Balaban J connectivity index is 1.78. The van der Waals surface area contributed by atoms with Gasteiger partial charge in [0, 0.05) is 18.0 Å². The molecule has 7 nitrogen and oxygen atoms in total. The van der Waals surface area contributed by atoms with Gasteiger partial charge in [0.1, 0.15) is 11.2 Å². The number of hydrogen-bond acceptors (Lipinski definition) is 6. The molecule has 0 aromatic carbocycles. The molecule has 3 aromatic heterocycles. The Labute approximate surface area is 168 Å². The van der Waals surface area contributed by atoms with Crippen molar-refractivity contribution >= 4 is 33.1 Å². The summed E-state index contributed by atoms with van der Waals surface area (Å²) in [5.41, 5.74) is 2.33. The van der Waals surface area contributed by atoms with E-state index >= 15 is 0 Å². The van der Waals surface area contributed by atoms with Gasteiger partial charge in [-0.1, -0.05) is 20.8 Å². The number of aromatic nitrogens is 4. The highest BCUT2D eigenvalue weighted by Gasteiger charge is 2.32. The first-order valence-corrected chi connectivity index (χ1v) is 10.7. The van der Waals surface area contributed by atoms with E-state index in [9.17, 15) is 9.90 Å². The van der Waals surface area contributed by atoms with Crippen LogP contribution in [0.3, 0.4) is 0 Å². The predicted octanol–water partition coefficient (Wildman–Crippen LogP) is 2.94. The van der Waals surface area contributed by atoms with E-state index in [0.29, 0.717) is 23.5 Å². The summed E-state index contributed by atoms with van der Waals surface area (Å²) in [6.07, 6.45) is 4.89. The second-order valence-electron chi connectivity index (χ2n) is 8.55. The third-order valence-electron chi connectivity index (χ3n) is 5.84. The summed E-state index contributed by atoms with van der Waals surface area (Å²) < 4.78 is 1.62. The number of amides is 1. The smallest absolute Gasteiger partial charge is 0.293 e. The van der Waals surface area contributed by atoms with Crippen molar-refractivity contribution in [2.24, 2.45) is 11.3 Å². The fraction of sp³-hybridized carbons (Fsp3) is 0.600. The average Bonchev–Trinajstić information content (AvgIpc) is 3.24. The second-order valence-corrected chi connectivity index (χ2v) is 9.63. The summed E-state index contributed by atoms with van der Waals surface area (Å²) in [6.45, 7) is 9.53. The van der Waals surface area contributed by atoms with Gasteiger partial charge >= 0.3 is 0 Å². The first kappa shape index (κ1) is 19.3. The fourth-order valence-corrected chi connectivity index (χ4v) is 5.33. The van der Waals surface area contributed by atoms with Crippen molar-refractivity contribution in [3.8, 4) is 0 Å². The molecule has 0 fully saturated rings. The van der Waals surface area contributed by atoms with Gasteiger partial charge in [0.2, 0.25) is 5.82 Å². The Morgan fingerprint density at radius 3 is 2.89 bits per heavy atom. The molecule has 28 heavy (non-hydrogen) atoms. The van der Waals surface area contributed by atoms with Crippen molar-refractivity contribution in [2.45, 2.75) is 47.0 Å². The molecule has 0 radical (unpaired) electrons. The van der Waals surface area contributed by atoms with Crippen LogP contribution in [0.25, 0.3) is 15.9 Å². The van der Waals surface area contributed by atoms with E-state index < -0.39 is 0 Å². The minimum absolute atomic E-state index is 0.0776. The number of hydrogen-bond donors (Lipinski definition) is 1. The van der Waals surface area contributed by atoms with Gasteiger partial charge < -0.3 is 10.0 Å². The van der Waals surface area contributed by atoms with Gasteiger partial charge in [-0.15, -0.1) is 16.4 Å². The summed E-state index contributed by atoms with van der Waals surface area (Å²) in [5, 5.41) is 14.6. The van der Waals surface area contributed by atoms with Crippen LogP contribution in [0.2, 0.25) is 0 Å². The summed E-state index contributed by atoms with van der Waals surface area (Å²) >= 11 is 1.75. The SMILES string of the molecule is CCN(CCO)C(=O)c1nc2c3c4c(sc3ncn2n1)C[C@H](C(C)(C)C)CC4. The molecule has 1 atom stereocenters. The molecular formula is C20H27N5O2S. The van der Waals surface area contributed by atoms with Crippen molar-refractivity contribution in [1.82, 2.24) is 24.5 Å². The summed E-state index contributed by atoms with van der Waals surface area (Å²) in [5.74, 6) is 0.564. The number of nitrogens with zero attached hydrogens (tertiary/aromatic N) is 5. The quantitative estimate of drug-likeness (QED) is 0.727. The van der Waals surface area contributed by atoms with E-state index in [1.807, 2.05) is 6.92 Å². The maximum Gasteiger partial charge on any atom is 0.293 e. The highest BCUT2D eigenvalue weighted by molar-refractivity contribution is 7.19. The van der Waals surface area contributed by atoms with Gasteiger partial charge in [0.05, 0.1) is 12.0 Å². The number of aliphatic hydroxyl groups is 1. The van der Waals surface area contributed by atoms with Crippen molar-refractivity contribution in [2.75, 3.05) is 19.7 Å². The van der Waals surface area contributed by atoms with Crippen LogP contribution in [0.15, 0.2) is 6.33 Å². The van der Waals surface area contributed by atoms with Gasteiger partial charge in [-0.25, -0.2) is 14.5 Å². The first-order chi connectivity index (χ1) is 13.3. The van der Waals surface area contributed by atoms with Crippen LogP contribution in [0.4, 0.5) is 0 Å². The minimum Gasteiger partial charge on any atom is -0.395 e. The highest BCUT2D eigenvalue weighted by Crippen LogP contribution is 2.43. The molecule has 0 bridgehead atoms. The molecule has 0 unspecified atom stereocenters. The highest BCUT2D eigenvalue weighted by atomic mass is 32.1. The van der Waals surface area contributed by atoms with Gasteiger partial charge in [-0.2, -0.15) is 0 Å². The van der Waals surface area contributed by atoms with E-state index in [4.69, 9.17) is 0 Å². The second kappa shape index (κ2) is 7.08. The largest absolute Gasteiger partial charge is 0.395 e. The molecule has 1 amide bonds. The number of aliphatic hydroxyl groups excluding tert-OH is 1. The van der Waals surface area contributed by atoms with Gasteiger partial charge in [-0.05, 0) is 43.1 Å². The number of carbonyl (C=O) groups excluding carboxylic acids is 1. The lowest BCUT2D eigenvalue weighted by Gasteiger charge is -2.33.